The Labute approximate surface area is 114 Å². The van der Waals surface area contributed by atoms with Crippen LogP contribution in [0, 0.1) is 5.92 Å². The average Bonchev–Trinajstić information content (AvgIpc) is 2.70. The quantitative estimate of drug-likeness (QED) is 0.912. The third-order valence-corrected chi connectivity index (χ3v) is 3.61. The summed E-state index contributed by atoms with van der Waals surface area (Å²) in [4.78, 5) is 12.3. The summed E-state index contributed by atoms with van der Waals surface area (Å²) < 4.78 is 7.29. The number of carbonyl (C=O) groups excluding carboxylic acids is 1. The van der Waals surface area contributed by atoms with Crippen LogP contribution in [0.3, 0.4) is 0 Å². The maximum absolute atomic E-state index is 12.3. The Morgan fingerprint density at radius 1 is 1.58 bits per heavy atom. The van der Waals surface area contributed by atoms with Gasteiger partial charge in [-0.2, -0.15) is 5.10 Å². The molecule has 0 aliphatic carbocycles. The van der Waals surface area contributed by atoms with Crippen LogP contribution >= 0.6 is 0 Å². The minimum atomic E-state index is -0.0611. The van der Waals surface area contributed by atoms with Gasteiger partial charge in [-0.15, -0.1) is 0 Å². The van der Waals surface area contributed by atoms with Crippen molar-refractivity contribution in [3.05, 3.63) is 11.9 Å². The van der Waals surface area contributed by atoms with Gasteiger partial charge in [0, 0.05) is 19.9 Å². The zero-order chi connectivity index (χ0) is 14.0. The number of aromatic nitrogens is 2. The third kappa shape index (κ3) is 3.15. The number of hydrogen-bond donors (Lipinski definition) is 1. The van der Waals surface area contributed by atoms with Crippen molar-refractivity contribution in [3.8, 4) is 0 Å². The highest BCUT2D eigenvalue weighted by Crippen LogP contribution is 2.26. The number of anilines is 1. The van der Waals surface area contributed by atoms with E-state index in [0.717, 1.165) is 30.8 Å². The Bertz CT molecular complexity index is 454. The Balaban J connectivity index is 2.10. The molecule has 1 aromatic rings. The zero-order valence-corrected chi connectivity index (χ0v) is 12.1. The first kappa shape index (κ1) is 14.1. The van der Waals surface area contributed by atoms with Crippen molar-refractivity contribution in [2.24, 2.45) is 13.0 Å². The molecule has 2 atom stereocenters. The lowest BCUT2D eigenvalue weighted by Gasteiger charge is -2.28. The summed E-state index contributed by atoms with van der Waals surface area (Å²) in [5, 5.41) is 7.41. The third-order valence-electron chi connectivity index (χ3n) is 3.61. The maximum Gasteiger partial charge on any atom is 0.230 e. The Morgan fingerprint density at radius 3 is 2.95 bits per heavy atom. The number of rotatable bonds is 3. The molecule has 5 nitrogen and oxygen atoms in total. The number of nitrogens with zero attached hydrogens (tertiary/aromatic N) is 2. The van der Waals surface area contributed by atoms with Crippen LogP contribution in [0.5, 0.6) is 0 Å². The van der Waals surface area contributed by atoms with Gasteiger partial charge in [-0.25, -0.2) is 0 Å². The predicted molar refractivity (Wildman–Crippen MR) is 74.1 cm³/mol. The molecular formula is C14H23N3O2. The standard InChI is InChI=1S/C14H23N3O2/c1-9(2)13-12(8-17(4)16-13)15-14(18)11-6-5-7-19-10(11)3/h8-11H,5-7H2,1-4H3,(H,15,18). The molecule has 1 aliphatic heterocycles. The SMILES string of the molecule is CC(C)c1nn(C)cc1NC(=O)C1CCCOC1C. The second kappa shape index (κ2) is 5.74. The highest BCUT2D eigenvalue weighted by molar-refractivity contribution is 5.93. The van der Waals surface area contributed by atoms with Crippen LogP contribution in [-0.4, -0.2) is 28.4 Å². The minimum Gasteiger partial charge on any atom is -0.378 e. The number of amides is 1. The molecule has 1 aliphatic rings. The lowest BCUT2D eigenvalue weighted by atomic mass is 9.94. The van der Waals surface area contributed by atoms with Crippen LogP contribution in [0.2, 0.25) is 0 Å². The molecule has 5 heteroatoms. The molecule has 0 bridgehead atoms. The molecule has 2 rings (SSSR count). The lowest BCUT2D eigenvalue weighted by molar-refractivity contribution is -0.127. The molecule has 2 unspecified atom stereocenters. The van der Waals surface area contributed by atoms with E-state index in [4.69, 9.17) is 4.74 Å². The van der Waals surface area contributed by atoms with Crippen molar-refractivity contribution in [3.63, 3.8) is 0 Å². The van der Waals surface area contributed by atoms with E-state index in [1.165, 1.54) is 0 Å². The van der Waals surface area contributed by atoms with Gasteiger partial charge >= 0.3 is 0 Å². The predicted octanol–water partition coefficient (Wildman–Crippen LogP) is 2.30. The van der Waals surface area contributed by atoms with Crippen LogP contribution in [0.4, 0.5) is 5.69 Å². The molecule has 0 radical (unpaired) electrons. The molecule has 1 saturated heterocycles. The molecule has 1 fully saturated rings. The normalized spacial score (nSPS) is 23.6. The van der Waals surface area contributed by atoms with Gasteiger partial charge < -0.3 is 10.1 Å². The van der Waals surface area contributed by atoms with E-state index in [1.807, 2.05) is 20.2 Å². The van der Waals surface area contributed by atoms with E-state index in [1.54, 1.807) is 4.68 Å². The van der Waals surface area contributed by atoms with Gasteiger partial charge in [0.15, 0.2) is 0 Å². The number of nitrogens with one attached hydrogen (secondary N) is 1. The molecule has 2 heterocycles. The van der Waals surface area contributed by atoms with Crippen molar-refractivity contribution >= 4 is 11.6 Å². The summed E-state index contributed by atoms with van der Waals surface area (Å²) in [6.07, 6.45) is 3.70. The summed E-state index contributed by atoms with van der Waals surface area (Å²) in [5.74, 6) is 0.271. The summed E-state index contributed by atoms with van der Waals surface area (Å²) >= 11 is 0. The zero-order valence-electron chi connectivity index (χ0n) is 12.1. The Hall–Kier alpha value is -1.36. The molecule has 0 spiro atoms. The summed E-state index contributed by atoms with van der Waals surface area (Å²) in [6.45, 7) is 6.87. The van der Waals surface area contributed by atoms with Crippen LogP contribution in [0.15, 0.2) is 6.20 Å². The lowest BCUT2D eigenvalue weighted by Crippen LogP contribution is -2.36. The largest absolute Gasteiger partial charge is 0.378 e. The van der Waals surface area contributed by atoms with Gasteiger partial charge in [-0.1, -0.05) is 13.8 Å². The van der Waals surface area contributed by atoms with Gasteiger partial charge in [-0.05, 0) is 25.7 Å². The highest BCUT2D eigenvalue weighted by atomic mass is 16.5. The minimum absolute atomic E-state index is 0.00655. The first-order chi connectivity index (χ1) is 8.99. The second-order valence-electron chi connectivity index (χ2n) is 5.57. The Morgan fingerprint density at radius 2 is 2.32 bits per heavy atom. The molecule has 1 N–H and O–H groups in total. The Kier molecular flexibility index (Phi) is 4.24. The molecule has 1 aromatic heterocycles. The van der Waals surface area contributed by atoms with Gasteiger partial charge in [0.2, 0.25) is 5.91 Å². The fraction of sp³-hybridized carbons (Fsp3) is 0.714. The first-order valence-corrected chi connectivity index (χ1v) is 6.95. The van der Waals surface area contributed by atoms with Crippen molar-refractivity contribution in [2.45, 2.75) is 45.6 Å². The van der Waals surface area contributed by atoms with Crippen molar-refractivity contribution in [2.75, 3.05) is 11.9 Å². The molecule has 1 amide bonds. The average molecular weight is 265 g/mol. The van der Waals surface area contributed by atoms with E-state index in [9.17, 15) is 4.79 Å². The van der Waals surface area contributed by atoms with Crippen LogP contribution in [0.1, 0.15) is 45.2 Å². The molecule has 19 heavy (non-hydrogen) atoms. The van der Waals surface area contributed by atoms with E-state index in [2.05, 4.69) is 24.3 Å². The van der Waals surface area contributed by atoms with Crippen molar-refractivity contribution in [1.29, 1.82) is 0 Å². The summed E-state index contributed by atoms with van der Waals surface area (Å²) in [6, 6.07) is 0. The van der Waals surface area contributed by atoms with Crippen LogP contribution in [0.25, 0.3) is 0 Å². The van der Waals surface area contributed by atoms with Crippen LogP contribution < -0.4 is 5.32 Å². The van der Waals surface area contributed by atoms with Gasteiger partial charge in [0.1, 0.15) is 0 Å². The monoisotopic (exact) mass is 265 g/mol. The molecule has 0 aromatic carbocycles. The second-order valence-corrected chi connectivity index (χ2v) is 5.57. The molecule has 106 valence electrons. The topological polar surface area (TPSA) is 56.2 Å². The van der Waals surface area contributed by atoms with E-state index in [0.29, 0.717) is 0 Å². The number of hydrogen-bond acceptors (Lipinski definition) is 3. The first-order valence-electron chi connectivity index (χ1n) is 6.95. The van der Waals surface area contributed by atoms with Crippen molar-refractivity contribution < 1.29 is 9.53 Å². The number of ether oxygens (including phenoxy) is 1. The fourth-order valence-corrected chi connectivity index (χ4v) is 2.52. The maximum atomic E-state index is 12.3. The number of carbonyl (C=O) groups is 1. The van der Waals surface area contributed by atoms with Gasteiger partial charge in [0.25, 0.3) is 0 Å². The highest BCUT2D eigenvalue weighted by Gasteiger charge is 2.29. The van der Waals surface area contributed by atoms with E-state index in [-0.39, 0.29) is 23.8 Å². The molecule has 0 saturated carbocycles. The summed E-state index contributed by atoms with van der Waals surface area (Å²) in [5.41, 5.74) is 1.75. The van der Waals surface area contributed by atoms with Crippen LogP contribution in [-0.2, 0) is 16.6 Å². The molecular weight excluding hydrogens is 242 g/mol. The van der Waals surface area contributed by atoms with E-state index < -0.39 is 0 Å². The van der Waals surface area contributed by atoms with Gasteiger partial charge in [-0.3, -0.25) is 9.48 Å². The van der Waals surface area contributed by atoms with Gasteiger partial charge in [0.05, 0.1) is 23.4 Å². The van der Waals surface area contributed by atoms with E-state index >= 15 is 0 Å². The smallest absolute Gasteiger partial charge is 0.230 e. The number of aryl methyl sites for hydroxylation is 1. The van der Waals surface area contributed by atoms with Crippen molar-refractivity contribution in [1.82, 2.24) is 9.78 Å². The summed E-state index contributed by atoms with van der Waals surface area (Å²) in [7, 11) is 1.87. The fourth-order valence-electron chi connectivity index (χ4n) is 2.52.